The molecule has 0 spiro atoms. The highest BCUT2D eigenvalue weighted by atomic mass is 32.2. The van der Waals surface area contributed by atoms with Crippen molar-refractivity contribution in [2.75, 3.05) is 26.0 Å². The van der Waals surface area contributed by atoms with E-state index >= 15 is 0 Å². The van der Waals surface area contributed by atoms with Gasteiger partial charge >= 0.3 is 11.9 Å². The van der Waals surface area contributed by atoms with Crippen molar-refractivity contribution in [2.24, 2.45) is 0 Å². The Morgan fingerprint density at radius 1 is 1.10 bits per heavy atom. The predicted molar refractivity (Wildman–Crippen MR) is 70.7 cm³/mol. The maximum Gasteiger partial charge on any atom is 0.339 e. The third-order valence-corrected chi connectivity index (χ3v) is 3.39. The quantitative estimate of drug-likeness (QED) is 0.748. The van der Waals surface area contributed by atoms with Gasteiger partial charge in [-0.3, -0.25) is 4.72 Å². The predicted octanol–water partition coefficient (Wildman–Crippen LogP) is 0.136. The number of anilines is 1. The van der Waals surface area contributed by atoms with Gasteiger partial charge in [-0.05, 0) is 18.2 Å². The molecule has 20 heavy (non-hydrogen) atoms. The van der Waals surface area contributed by atoms with E-state index in [0.717, 1.165) is 7.11 Å². The average molecular weight is 302 g/mol. The van der Waals surface area contributed by atoms with Crippen molar-refractivity contribution in [3.63, 3.8) is 0 Å². The molecule has 1 aromatic carbocycles. The van der Waals surface area contributed by atoms with Crippen LogP contribution in [0.25, 0.3) is 0 Å². The van der Waals surface area contributed by atoms with Gasteiger partial charge in [0.25, 0.3) is 10.2 Å². The van der Waals surface area contributed by atoms with E-state index in [9.17, 15) is 18.0 Å². The number of hydrogen-bond donors (Lipinski definition) is 2. The van der Waals surface area contributed by atoms with Gasteiger partial charge in [0.15, 0.2) is 0 Å². The zero-order chi connectivity index (χ0) is 15.3. The molecule has 9 heteroatoms. The van der Waals surface area contributed by atoms with Crippen LogP contribution < -0.4 is 9.44 Å². The summed E-state index contributed by atoms with van der Waals surface area (Å²) >= 11 is 0. The standard InChI is InChI=1S/C11H14N2O6S/c1-12-20(16,17)13-9-6-7(10(14)18-2)4-5-8(9)11(15)19-3/h4-6,12-13H,1-3H3. The Bertz CT molecular complexity index is 626. The Morgan fingerprint density at radius 2 is 1.70 bits per heavy atom. The molecule has 0 aromatic heterocycles. The molecule has 0 atom stereocenters. The monoisotopic (exact) mass is 302 g/mol. The number of ether oxygens (including phenoxy) is 2. The van der Waals surface area contributed by atoms with Crippen molar-refractivity contribution in [1.82, 2.24) is 4.72 Å². The summed E-state index contributed by atoms with van der Waals surface area (Å²) in [7, 11) is -0.299. The number of carbonyl (C=O) groups is 2. The van der Waals surface area contributed by atoms with Gasteiger partial charge in [0.2, 0.25) is 0 Å². The molecule has 0 aliphatic heterocycles. The van der Waals surface area contributed by atoms with Crippen LogP contribution in [0.2, 0.25) is 0 Å². The van der Waals surface area contributed by atoms with E-state index in [2.05, 4.69) is 14.2 Å². The van der Waals surface area contributed by atoms with Gasteiger partial charge in [-0.1, -0.05) is 0 Å². The van der Waals surface area contributed by atoms with Gasteiger partial charge in [-0.15, -0.1) is 0 Å². The van der Waals surface area contributed by atoms with Crippen molar-refractivity contribution < 1.29 is 27.5 Å². The van der Waals surface area contributed by atoms with E-state index in [1.54, 1.807) is 0 Å². The summed E-state index contributed by atoms with van der Waals surface area (Å²) in [5.74, 6) is -1.40. The highest BCUT2D eigenvalue weighted by Crippen LogP contribution is 2.20. The molecule has 0 heterocycles. The van der Waals surface area contributed by atoms with Crippen molar-refractivity contribution in [3.05, 3.63) is 29.3 Å². The molecule has 1 rings (SSSR count). The maximum absolute atomic E-state index is 11.6. The second kappa shape index (κ2) is 6.35. The average Bonchev–Trinajstić information content (AvgIpc) is 2.45. The Balaban J connectivity index is 3.33. The van der Waals surface area contributed by atoms with Crippen molar-refractivity contribution in [3.8, 4) is 0 Å². The van der Waals surface area contributed by atoms with Gasteiger partial charge < -0.3 is 9.47 Å². The van der Waals surface area contributed by atoms with Crippen LogP contribution in [-0.4, -0.2) is 41.6 Å². The molecule has 0 unspecified atom stereocenters. The van der Waals surface area contributed by atoms with Gasteiger partial charge in [0.1, 0.15) is 0 Å². The maximum atomic E-state index is 11.6. The van der Waals surface area contributed by atoms with E-state index in [0.29, 0.717) is 0 Å². The Kier molecular flexibility index (Phi) is 5.06. The Morgan fingerprint density at radius 3 is 2.20 bits per heavy atom. The number of methoxy groups -OCH3 is 2. The number of rotatable bonds is 5. The first kappa shape index (κ1) is 15.9. The van der Waals surface area contributed by atoms with Gasteiger partial charge in [0.05, 0.1) is 31.0 Å². The molecule has 0 aliphatic rings. The molecular formula is C11H14N2O6S. The summed E-state index contributed by atoms with van der Waals surface area (Å²) in [6.45, 7) is 0. The summed E-state index contributed by atoms with van der Waals surface area (Å²) in [5, 5.41) is 0. The fraction of sp³-hybridized carbons (Fsp3) is 0.273. The summed E-state index contributed by atoms with van der Waals surface area (Å²) in [6.07, 6.45) is 0. The minimum absolute atomic E-state index is 0.0287. The summed E-state index contributed by atoms with van der Waals surface area (Å²) in [6, 6.07) is 3.79. The molecule has 0 amide bonds. The lowest BCUT2D eigenvalue weighted by molar-refractivity contribution is 0.0587. The van der Waals surface area contributed by atoms with Crippen molar-refractivity contribution >= 4 is 27.8 Å². The third-order valence-electron chi connectivity index (χ3n) is 2.36. The summed E-state index contributed by atoms with van der Waals surface area (Å²) < 4.78 is 36.2. The first-order valence-corrected chi connectivity index (χ1v) is 6.85. The highest BCUT2D eigenvalue weighted by Gasteiger charge is 2.18. The lowest BCUT2D eigenvalue weighted by Crippen LogP contribution is -2.27. The summed E-state index contributed by atoms with van der Waals surface area (Å²) in [5.41, 5.74) is -0.0259. The molecule has 0 saturated heterocycles. The van der Waals surface area contributed by atoms with Gasteiger partial charge in [0, 0.05) is 7.05 Å². The van der Waals surface area contributed by atoms with Crippen molar-refractivity contribution in [2.45, 2.75) is 0 Å². The molecule has 0 fully saturated rings. The SMILES string of the molecule is CNS(=O)(=O)Nc1cc(C(=O)OC)ccc1C(=O)OC. The number of esters is 2. The van der Waals surface area contributed by atoms with E-state index in [1.165, 1.54) is 32.4 Å². The number of benzene rings is 1. The van der Waals surface area contributed by atoms with Gasteiger partial charge in [-0.25, -0.2) is 14.3 Å². The van der Waals surface area contributed by atoms with E-state index in [-0.39, 0.29) is 16.8 Å². The lowest BCUT2D eigenvalue weighted by Gasteiger charge is -2.11. The van der Waals surface area contributed by atoms with Crippen LogP contribution in [0.1, 0.15) is 20.7 Å². The van der Waals surface area contributed by atoms with Crippen LogP contribution in [0.3, 0.4) is 0 Å². The van der Waals surface area contributed by atoms with Gasteiger partial charge in [-0.2, -0.15) is 8.42 Å². The number of hydrogen-bond acceptors (Lipinski definition) is 6. The lowest BCUT2D eigenvalue weighted by atomic mass is 10.1. The first-order valence-electron chi connectivity index (χ1n) is 5.36. The highest BCUT2D eigenvalue weighted by molar-refractivity contribution is 7.90. The van der Waals surface area contributed by atoms with Crippen LogP contribution in [0, 0.1) is 0 Å². The van der Waals surface area contributed by atoms with E-state index in [4.69, 9.17) is 0 Å². The molecule has 0 bridgehead atoms. The zero-order valence-electron chi connectivity index (χ0n) is 11.1. The molecule has 1 aromatic rings. The first-order chi connectivity index (χ1) is 9.34. The number of nitrogens with one attached hydrogen (secondary N) is 2. The molecular weight excluding hydrogens is 288 g/mol. The molecule has 110 valence electrons. The number of carbonyl (C=O) groups excluding carboxylic acids is 2. The van der Waals surface area contributed by atoms with Crippen LogP contribution in [0.15, 0.2) is 18.2 Å². The Labute approximate surface area is 116 Å². The minimum atomic E-state index is -3.85. The molecule has 0 aliphatic carbocycles. The van der Waals surface area contributed by atoms with E-state index < -0.39 is 22.1 Å². The van der Waals surface area contributed by atoms with Crippen LogP contribution in [-0.2, 0) is 19.7 Å². The smallest absolute Gasteiger partial charge is 0.339 e. The Hall–Kier alpha value is -2.13. The van der Waals surface area contributed by atoms with E-state index in [1.807, 2.05) is 4.72 Å². The minimum Gasteiger partial charge on any atom is -0.465 e. The zero-order valence-corrected chi connectivity index (χ0v) is 11.9. The topological polar surface area (TPSA) is 111 Å². The van der Waals surface area contributed by atoms with Crippen LogP contribution >= 0.6 is 0 Å². The normalized spacial score (nSPS) is 10.8. The molecule has 8 nitrogen and oxygen atoms in total. The van der Waals surface area contributed by atoms with Crippen LogP contribution in [0.4, 0.5) is 5.69 Å². The van der Waals surface area contributed by atoms with Crippen molar-refractivity contribution in [1.29, 1.82) is 0 Å². The fourth-order valence-electron chi connectivity index (χ4n) is 1.36. The molecule has 2 N–H and O–H groups in total. The largest absolute Gasteiger partial charge is 0.465 e. The summed E-state index contributed by atoms with van der Waals surface area (Å²) in [4.78, 5) is 23.0. The second-order valence-corrected chi connectivity index (χ2v) is 5.17. The third kappa shape index (κ3) is 3.68. The molecule has 0 radical (unpaired) electrons. The second-order valence-electron chi connectivity index (χ2n) is 3.55. The fourth-order valence-corrected chi connectivity index (χ4v) is 1.92. The molecule has 0 saturated carbocycles. The van der Waals surface area contributed by atoms with Crippen LogP contribution in [0.5, 0.6) is 0 Å².